The van der Waals surface area contributed by atoms with Crippen LogP contribution in [0.2, 0.25) is 0 Å². The minimum atomic E-state index is -0.0750. The minimum absolute atomic E-state index is 0.0750. The average Bonchev–Trinajstić information content (AvgIpc) is 2.95. The number of anilines is 1. The minimum Gasteiger partial charge on any atom is -0.478 e. The van der Waals surface area contributed by atoms with E-state index in [9.17, 15) is 5.11 Å². The highest BCUT2D eigenvalue weighted by atomic mass is 16.5. The van der Waals surface area contributed by atoms with Gasteiger partial charge in [0.2, 0.25) is 0 Å². The topological polar surface area (TPSA) is 89.2 Å². The van der Waals surface area contributed by atoms with Crippen LogP contribution in [0.4, 0.5) is 5.82 Å². The van der Waals surface area contributed by atoms with Gasteiger partial charge in [0.25, 0.3) is 5.88 Å². The Kier molecular flexibility index (Phi) is 4.71. The molecule has 3 rings (SSSR count). The molecule has 2 aromatic heterocycles. The predicted octanol–water partition coefficient (Wildman–Crippen LogP) is 0.565. The molecule has 0 unspecified atom stereocenters. The van der Waals surface area contributed by atoms with Gasteiger partial charge in [-0.3, -0.25) is 0 Å². The fourth-order valence-electron chi connectivity index (χ4n) is 3.00. The Morgan fingerprint density at radius 2 is 1.87 bits per heavy atom. The number of ether oxygens (including phenoxy) is 1. The lowest BCUT2D eigenvalue weighted by Crippen LogP contribution is -2.35. The van der Waals surface area contributed by atoms with Gasteiger partial charge in [0.05, 0.1) is 7.11 Å². The lowest BCUT2D eigenvalue weighted by Gasteiger charge is -2.32. The molecule has 1 aliphatic heterocycles. The van der Waals surface area contributed by atoms with E-state index >= 15 is 0 Å². The summed E-state index contributed by atoms with van der Waals surface area (Å²) in [6.07, 6.45) is 6.33. The summed E-state index contributed by atoms with van der Waals surface area (Å²) in [5, 5.41) is 17.4. The van der Waals surface area contributed by atoms with Crippen LogP contribution in [-0.2, 0) is 20.1 Å². The van der Waals surface area contributed by atoms with Crippen LogP contribution in [0.15, 0.2) is 12.4 Å². The third kappa shape index (κ3) is 3.26. The number of aromatic nitrogens is 5. The van der Waals surface area contributed by atoms with Gasteiger partial charge in [0.1, 0.15) is 12.4 Å². The highest BCUT2D eigenvalue weighted by Crippen LogP contribution is 2.28. The smallest absolute Gasteiger partial charge is 0.257 e. The van der Waals surface area contributed by atoms with E-state index in [2.05, 4.69) is 25.1 Å². The predicted molar refractivity (Wildman–Crippen MR) is 84.2 cm³/mol. The number of hydrogen-bond acceptors (Lipinski definition) is 7. The molecular weight excluding hydrogens is 296 g/mol. The molecule has 8 nitrogen and oxygen atoms in total. The summed E-state index contributed by atoms with van der Waals surface area (Å²) in [5.41, 5.74) is 0. The molecule has 124 valence electrons. The van der Waals surface area contributed by atoms with Crippen molar-refractivity contribution >= 4 is 5.82 Å². The Morgan fingerprint density at radius 3 is 2.52 bits per heavy atom. The molecule has 23 heavy (non-hydrogen) atoms. The molecule has 0 saturated carbocycles. The van der Waals surface area contributed by atoms with Crippen LogP contribution < -0.4 is 9.64 Å². The van der Waals surface area contributed by atoms with E-state index < -0.39 is 0 Å². The molecule has 0 spiro atoms. The molecular formula is C15H22N6O2. The zero-order chi connectivity index (χ0) is 16.2. The molecule has 0 aromatic carbocycles. The van der Waals surface area contributed by atoms with E-state index in [4.69, 9.17) is 4.74 Å². The summed E-state index contributed by atoms with van der Waals surface area (Å²) >= 11 is 0. The van der Waals surface area contributed by atoms with Crippen molar-refractivity contribution in [3.63, 3.8) is 0 Å². The third-order valence-corrected chi connectivity index (χ3v) is 4.42. The molecule has 1 N–H and O–H groups in total. The van der Waals surface area contributed by atoms with E-state index in [-0.39, 0.29) is 6.61 Å². The first-order valence-corrected chi connectivity index (χ1v) is 7.81. The van der Waals surface area contributed by atoms with E-state index in [1.54, 1.807) is 19.5 Å². The van der Waals surface area contributed by atoms with Gasteiger partial charge in [0, 0.05) is 39.0 Å². The van der Waals surface area contributed by atoms with Gasteiger partial charge in [-0.05, 0) is 18.8 Å². The second-order valence-electron chi connectivity index (χ2n) is 5.77. The van der Waals surface area contributed by atoms with Gasteiger partial charge in [0.15, 0.2) is 11.6 Å². The average molecular weight is 318 g/mol. The number of aliphatic hydroxyl groups is 1. The first-order valence-electron chi connectivity index (χ1n) is 7.81. The zero-order valence-corrected chi connectivity index (χ0v) is 13.5. The van der Waals surface area contributed by atoms with Crippen LogP contribution >= 0.6 is 0 Å². The molecule has 0 atom stereocenters. The maximum Gasteiger partial charge on any atom is 0.257 e. The summed E-state index contributed by atoms with van der Waals surface area (Å²) in [4.78, 5) is 10.8. The molecule has 0 bridgehead atoms. The highest BCUT2D eigenvalue weighted by molar-refractivity contribution is 5.47. The molecule has 8 heteroatoms. The van der Waals surface area contributed by atoms with Crippen molar-refractivity contribution in [3.05, 3.63) is 24.0 Å². The van der Waals surface area contributed by atoms with Gasteiger partial charge in [-0.15, -0.1) is 10.2 Å². The van der Waals surface area contributed by atoms with Crippen molar-refractivity contribution in [2.45, 2.75) is 25.9 Å². The quantitative estimate of drug-likeness (QED) is 0.862. The molecule has 1 saturated heterocycles. The van der Waals surface area contributed by atoms with Crippen LogP contribution in [0.25, 0.3) is 0 Å². The second-order valence-corrected chi connectivity index (χ2v) is 5.77. The van der Waals surface area contributed by atoms with Gasteiger partial charge >= 0.3 is 0 Å². The molecule has 0 aliphatic carbocycles. The van der Waals surface area contributed by atoms with E-state index in [1.807, 2.05) is 11.6 Å². The van der Waals surface area contributed by atoms with Crippen molar-refractivity contribution in [3.8, 4) is 5.88 Å². The molecule has 2 aromatic rings. The van der Waals surface area contributed by atoms with Crippen LogP contribution in [0, 0.1) is 5.92 Å². The number of hydrogen-bond donors (Lipinski definition) is 1. The largest absolute Gasteiger partial charge is 0.478 e. The van der Waals surface area contributed by atoms with Crippen molar-refractivity contribution in [1.29, 1.82) is 0 Å². The lowest BCUT2D eigenvalue weighted by atomic mass is 9.93. The molecule has 1 fully saturated rings. The van der Waals surface area contributed by atoms with Crippen LogP contribution in [0.5, 0.6) is 5.88 Å². The molecule has 0 amide bonds. The van der Waals surface area contributed by atoms with Crippen molar-refractivity contribution < 1.29 is 9.84 Å². The van der Waals surface area contributed by atoms with Gasteiger partial charge in [-0.1, -0.05) is 0 Å². The third-order valence-electron chi connectivity index (χ3n) is 4.42. The number of nitrogens with zero attached hydrogens (tertiary/aromatic N) is 6. The first kappa shape index (κ1) is 15.7. The van der Waals surface area contributed by atoms with E-state index in [0.717, 1.165) is 44.0 Å². The second kappa shape index (κ2) is 6.91. The lowest BCUT2D eigenvalue weighted by molar-refractivity contribution is 0.266. The molecule has 1 aliphatic rings. The monoisotopic (exact) mass is 318 g/mol. The van der Waals surface area contributed by atoms with Gasteiger partial charge in [-0.25, -0.2) is 9.97 Å². The maximum absolute atomic E-state index is 9.19. The summed E-state index contributed by atoms with van der Waals surface area (Å²) in [5.74, 6) is 3.50. The van der Waals surface area contributed by atoms with Crippen LogP contribution in [0.1, 0.15) is 24.5 Å². The molecule has 0 radical (unpaired) electrons. The fourth-order valence-corrected chi connectivity index (χ4v) is 3.00. The standard InChI is InChI=1S/C15H22N6O2/c1-20-12(18-19-13(20)10-22)9-11-3-7-21(8-4-11)14-15(23-2)17-6-5-16-14/h5-6,11,22H,3-4,7-10H2,1-2H3. The van der Waals surface area contributed by atoms with Crippen LogP contribution in [-0.4, -0.2) is 50.0 Å². The summed E-state index contributed by atoms with van der Waals surface area (Å²) < 4.78 is 7.18. The SMILES string of the molecule is COc1nccnc1N1CCC(Cc2nnc(CO)n2C)CC1. The van der Waals surface area contributed by atoms with E-state index in [0.29, 0.717) is 17.6 Å². The summed E-state index contributed by atoms with van der Waals surface area (Å²) in [6, 6.07) is 0. The number of aliphatic hydroxyl groups excluding tert-OH is 1. The van der Waals surface area contributed by atoms with Gasteiger partial charge in [-0.2, -0.15) is 0 Å². The number of piperidine rings is 1. The Labute approximate surface area is 135 Å². The van der Waals surface area contributed by atoms with Crippen molar-refractivity contribution in [1.82, 2.24) is 24.7 Å². The fraction of sp³-hybridized carbons (Fsp3) is 0.600. The highest BCUT2D eigenvalue weighted by Gasteiger charge is 2.24. The summed E-state index contributed by atoms with van der Waals surface area (Å²) in [7, 11) is 3.52. The Hall–Kier alpha value is -2.22. The number of rotatable bonds is 5. The van der Waals surface area contributed by atoms with Crippen molar-refractivity contribution in [2.75, 3.05) is 25.1 Å². The van der Waals surface area contributed by atoms with Gasteiger partial charge < -0.3 is 19.3 Å². The molecule has 3 heterocycles. The Balaban J connectivity index is 1.61. The maximum atomic E-state index is 9.19. The Morgan fingerprint density at radius 1 is 1.17 bits per heavy atom. The van der Waals surface area contributed by atoms with Crippen molar-refractivity contribution in [2.24, 2.45) is 13.0 Å². The first-order chi connectivity index (χ1) is 11.2. The summed E-state index contributed by atoms with van der Waals surface area (Å²) in [6.45, 7) is 1.77. The normalized spacial score (nSPS) is 15.9. The van der Waals surface area contributed by atoms with Crippen LogP contribution in [0.3, 0.4) is 0 Å². The number of methoxy groups -OCH3 is 1. The zero-order valence-electron chi connectivity index (χ0n) is 13.5. The Bertz CT molecular complexity index is 651. The van der Waals surface area contributed by atoms with E-state index in [1.165, 1.54) is 0 Å².